The predicted octanol–water partition coefficient (Wildman–Crippen LogP) is 5.02. The van der Waals surface area contributed by atoms with E-state index in [1.807, 2.05) is 0 Å². The Hall–Kier alpha value is -4.69. The first-order valence-electron chi connectivity index (χ1n) is 14.5. The van der Waals surface area contributed by atoms with Gasteiger partial charge in [-0.25, -0.2) is 13.4 Å². The Morgan fingerprint density at radius 1 is 0.880 bits per heavy atom. The smallest absolute Gasteiger partial charge is 0.296 e. The summed E-state index contributed by atoms with van der Waals surface area (Å²) in [5.41, 5.74) is 0.405. The SMILES string of the molecule is C=CS(=O)(=O)CCOCCNc1nc(NCCCOC)c(C#N)c(C)c1/N=N/c1ccc(/N=N/c2ccc(S(=O)(=O)O)cc2)cc1S(=O)(=O)O. The summed E-state index contributed by atoms with van der Waals surface area (Å²) in [4.78, 5) is 3.47. The lowest BCUT2D eigenvalue weighted by Gasteiger charge is -2.16. The summed E-state index contributed by atoms with van der Waals surface area (Å²) < 4.78 is 99.9. The lowest BCUT2D eigenvalue weighted by atomic mass is 10.1. The van der Waals surface area contributed by atoms with Crippen LogP contribution in [0.5, 0.6) is 0 Å². The van der Waals surface area contributed by atoms with Crippen LogP contribution in [0.15, 0.2) is 84.7 Å². The minimum atomic E-state index is -4.87. The Kier molecular flexibility index (Phi) is 14.2. The number of sulfone groups is 1. The van der Waals surface area contributed by atoms with Crippen molar-refractivity contribution >= 4 is 64.5 Å². The summed E-state index contributed by atoms with van der Waals surface area (Å²) in [7, 11) is -11.2. The number of hydrogen-bond donors (Lipinski definition) is 4. The van der Waals surface area contributed by atoms with Gasteiger partial charge in [0.05, 0.1) is 40.8 Å². The maximum absolute atomic E-state index is 12.3. The molecule has 3 rings (SSSR count). The molecule has 1 heterocycles. The van der Waals surface area contributed by atoms with E-state index < -0.39 is 35.0 Å². The molecule has 21 heteroatoms. The van der Waals surface area contributed by atoms with Gasteiger partial charge in [-0.15, -0.1) is 10.2 Å². The number of aromatic nitrogens is 1. The van der Waals surface area contributed by atoms with Gasteiger partial charge in [-0.1, -0.05) is 6.58 Å². The second kappa shape index (κ2) is 17.8. The molecule has 0 bridgehead atoms. The van der Waals surface area contributed by atoms with Gasteiger partial charge < -0.3 is 20.1 Å². The van der Waals surface area contributed by atoms with Crippen LogP contribution in [-0.2, 0) is 39.5 Å². The number of rotatable bonds is 19. The molecule has 0 aliphatic rings. The second-order valence-corrected chi connectivity index (χ2v) is 15.0. The third-order valence-electron chi connectivity index (χ3n) is 6.54. The van der Waals surface area contributed by atoms with Crippen molar-refractivity contribution < 1.29 is 43.8 Å². The standard InChI is InChI=1S/C29H34N8O10S3/c1-4-48(38,39)17-16-47-15-13-32-29-27(20(2)24(19-30)28(33-29)31-12-5-14-46-3)37-36-25-11-8-22(18-26(25)50(43,44)45)35-34-21-6-9-23(10-7-21)49(40,41)42/h4,6-11,18H,1,5,12-17H2,2-3H3,(H2,31,32,33)(H,40,41,42)(H,43,44,45)/b35-34+,37-36+. The van der Waals surface area contributed by atoms with Crippen LogP contribution < -0.4 is 10.6 Å². The molecule has 0 atom stereocenters. The quantitative estimate of drug-likeness (QED) is 0.0712. The number of nitrogens with one attached hydrogen (secondary N) is 2. The second-order valence-electron chi connectivity index (χ2n) is 10.1. The van der Waals surface area contributed by atoms with E-state index in [2.05, 4.69) is 48.7 Å². The van der Waals surface area contributed by atoms with Crippen LogP contribution >= 0.6 is 0 Å². The average Bonchev–Trinajstić information content (AvgIpc) is 3.06. The number of pyridine rings is 1. The van der Waals surface area contributed by atoms with E-state index in [1.165, 1.54) is 24.3 Å². The molecule has 0 radical (unpaired) electrons. The maximum Gasteiger partial charge on any atom is 0.296 e. The average molecular weight is 751 g/mol. The zero-order valence-electron chi connectivity index (χ0n) is 26.8. The molecule has 4 N–H and O–H groups in total. The highest BCUT2D eigenvalue weighted by molar-refractivity contribution is 7.94. The molecule has 0 aliphatic carbocycles. The minimum absolute atomic E-state index is 0.0211. The lowest BCUT2D eigenvalue weighted by molar-refractivity contribution is 0.159. The molecule has 50 heavy (non-hydrogen) atoms. The van der Waals surface area contributed by atoms with Crippen molar-refractivity contribution in [3.63, 3.8) is 0 Å². The van der Waals surface area contributed by atoms with Gasteiger partial charge in [-0.3, -0.25) is 9.11 Å². The Morgan fingerprint density at radius 2 is 1.54 bits per heavy atom. The van der Waals surface area contributed by atoms with Gasteiger partial charge in [0.25, 0.3) is 20.2 Å². The fourth-order valence-corrected chi connectivity index (χ4v) is 5.63. The Labute approximate surface area is 289 Å². The van der Waals surface area contributed by atoms with Crippen molar-refractivity contribution in [3.05, 3.63) is 65.6 Å². The first-order valence-corrected chi connectivity index (χ1v) is 19.1. The summed E-state index contributed by atoms with van der Waals surface area (Å²) in [5, 5.41) is 32.9. The van der Waals surface area contributed by atoms with Gasteiger partial charge in [0.1, 0.15) is 28.2 Å². The molecular formula is C29H34N8O10S3. The number of methoxy groups -OCH3 is 1. The molecular weight excluding hydrogens is 717 g/mol. The molecule has 0 saturated carbocycles. The van der Waals surface area contributed by atoms with Gasteiger partial charge in [-0.05, 0) is 55.8 Å². The van der Waals surface area contributed by atoms with Crippen LogP contribution in [0.25, 0.3) is 0 Å². The zero-order chi connectivity index (χ0) is 37.0. The third-order valence-corrected chi connectivity index (χ3v) is 9.54. The molecule has 0 spiro atoms. The monoisotopic (exact) mass is 750 g/mol. The topological polar surface area (TPSA) is 272 Å². The molecule has 0 aliphatic heterocycles. The number of azo groups is 2. The normalized spacial score (nSPS) is 12.3. The van der Waals surface area contributed by atoms with E-state index in [-0.39, 0.29) is 70.4 Å². The van der Waals surface area contributed by atoms with Gasteiger partial charge in [-0.2, -0.15) is 32.3 Å². The predicted molar refractivity (Wildman–Crippen MR) is 183 cm³/mol. The number of ether oxygens (including phenoxy) is 2. The van der Waals surface area contributed by atoms with Crippen molar-refractivity contribution in [2.45, 2.75) is 23.1 Å². The van der Waals surface area contributed by atoms with Crippen molar-refractivity contribution in [1.29, 1.82) is 5.26 Å². The lowest BCUT2D eigenvalue weighted by Crippen LogP contribution is -2.16. The summed E-state index contributed by atoms with van der Waals surface area (Å²) in [6, 6.07) is 10.3. The number of nitriles is 1. The van der Waals surface area contributed by atoms with Crippen molar-refractivity contribution in [2.75, 3.05) is 56.4 Å². The van der Waals surface area contributed by atoms with Crippen LogP contribution in [0.4, 0.5) is 34.4 Å². The van der Waals surface area contributed by atoms with Crippen molar-refractivity contribution in [2.24, 2.45) is 20.5 Å². The first kappa shape index (κ1) is 39.7. The van der Waals surface area contributed by atoms with Gasteiger partial charge in [0, 0.05) is 37.8 Å². The molecule has 18 nitrogen and oxygen atoms in total. The molecule has 268 valence electrons. The van der Waals surface area contributed by atoms with E-state index in [9.17, 15) is 35.1 Å². The highest BCUT2D eigenvalue weighted by Gasteiger charge is 2.20. The van der Waals surface area contributed by atoms with Crippen LogP contribution in [-0.4, -0.2) is 85.1 Å². The van der Waals surface area contributed by atoms with Crippen LogP contribution in [0.3, 0.4) is 0 Å². The van der Waals surface area contributed by atoms with E-state index in [1.54, 1.807) is 14.0 Å². The van der Waals surface area contributed by atoms with Gasteiger partial charge in [0.2, 0.25) is 0 Å². The number of benzene rings is 2. The molecule has 3 aromatic rings. The Balaban J connectivity index is 1.95. The molecule has 0 fully saturated rings. The summed E-state index contributed by atoms with van der Waals surface area (Å²) in [6.45, 7) is 5.84. The summed E-state index contributed by atoms with van der Waals surface area (Å²) in [6.07, 6.45) is 0.613. The largest absolute Gasteiger partial charge is 0.385 e. The Morgan fingerprint density at radius 3 is 2.16 bits per heavy atom. The summed E-state index contributed by atoms with van der Waals surface area (Å²) in [5.74, 6) is 0.127. The molecule has 0 unspecified atom stereocenters. The first-order chi connectivity index (χ1) is 23.6. The van der Waals surface area contributed by atoms with Crippen LogP contribution in [0.2, 0.25) is 0 Å². The number of anilines is 2. The van der Waals surface area contributed by atoms with Crippen molar-refractivity contribution in [1.82, 2.24) is 4.98 Å². The molecule has 2 aromatic carbocycles. The van der Waals surface area contributed by atoms with E-state index >= 15 is 0 Å². The van der Waals surface area contributed by atoms with E-state index in [4.69, 9.17) is 14.0 Å². The van der Waals surface area contributed by atoms with Crippen molar-refractivity contribution in [3.8, 4) is 6.07 Å². The Bertz CT molecular complexity index is 2120. The van der Waals surface area contributed by atoms with E-state index in [0.29, 0.717) is 25.1 Å². The summed E-state index contributed by atoms with van der Waals surface area (Å²) >= 11 is 0. The maximum atomic E-state index is 12.3. The number of nitrogens with zero attached hydrogens (tertiary/aromatic N) is 6. The molecule has 0 amide bonds. The van der Waals surface area contributed by atoms with Gasteiger partial charge in [0.15, 0.2) is 15.7 Å². The zero-order valence-corrected chi connectivity index (χ0v) is 29.3. The fraction of sp³-hybridized carbons (Fsp3) is 0.310. The molecule has 0 saturated heterocycles. The minimum Gasteiger partial charge on any atom is -0.385 e. The van der Waals surface area contributed by atoms with Crippen LogP contribution in [0, 0.1) is 18.3 Å². The number of hydrogen-bond acceptors (Lipinski definition) is 16. The highest BCUT2D eigenvalue weighted by atomic mass is 32.2. The third kappa shape index (κ3) is 11.7. The van der Waals surface area contributed by atoms with E-state index in [0.717, 1.165) is 23.6 Å². The fourth-order valence-electron chi connectivity index (χ4n) is 3.99. The highest BCUT2D eigenvalue weighted by Crippen LogP contribution is 2.36. The van der Waals surface area contributed by atoms with Crippen LogP contribution in [0.1, 0.15) is 17.5 Å². The van der Waals surface area contributed by atoms with Gasteiger partial charge >= 0.3 is 0 Å². The molecule has 1 aromatic heterocycles.